The summed E-state index contributed by atoms with van der Waals surface area (Å²) in [5.74, 6) is 0.953. The van der Waals surface area contributed by atoms with Crippen molar-refractivity contribution in [1.82, 2.24) is 4.90 Å². The van der Waals surface area contributed by atoms with Crippen LogP contribution >= 0.6 is 11.3 Å². The predicted molar refractivity (Wildman–Crippen MR) is 90.1 cm³/mol. The normalized spacial score (nSPS) is 15.1. The Morgan fingerprint density at radius 3 is 2.73 bits per heavy atom. The number of likely N-dealkylation sites (tertiary alicyclic amines) is 1. The highest BCUT2D eigenvalue weighted by Gasteiger charge is 2.13. The van der Waals surface area contributed by atoms with Crippen molar-refractivity contribution >= 4 is 17.1 Å². The highest BCUT2D eigenvalue weighted by molar-refractivity contribution is 7.08. The van der Waals surface area contributed by atoms with Crippen molar-refractivity contribution in [3.05, 3.63) is 51.7 Å². The van der Waals surface area contributed by atoms with E-state index >= 15 is 0 Å². The molecule has 1 fully saturated rings. The number of hydrogen-bond acceptors (Lipinski definition) is 4. The van der Waals surface area contributed by atoms with Crippen molar-refractivity contribution in [3.8, 4) is 5.75 Å². The Bertz CT molecular complexity index is 631. The topological polar surface area (TPSA) is 29.5 Å². The zero-order valence-corrected chi connectivity index (χ0v) is 13.7. The molecule has 22 heavy (non-hydrogen) atoms. The van der Waals surface area contributed by atoms with Crippen molar-refractivity contribution < 1.29 is 9.53 Å². The van der Waals surface area contributed by atoms with Gasteiger partial charge in [-0.3, -0.25) is 9.69 Å². The molecule has 1 aromatic carbocycles. The van der Waals surface area contributed by atoms with E-state index in [9.17, 15) is 4.79 Å². The van der Waals surface area contributed by atoms with Crippen molar-refractivity contribution in [2.45, 2.75) is 19.8 Å². The molecule has 0 spiro atoms. The molecule has 0 radical (unpaired) electrons. The molecule has 0 N–H and O–H groups in total. The van der Waals surface area contributed by atoms with Gasteiger partial charge >= 0.3 is 0 Å². The Morgan fingerprint density at radius 2 is 2.05 bits per heavy atom. The number of rotatable bonds is 6. The van der Waals surface area contributed by atoms with Gasteiger partial charge in [0.1, 0.15) is 12.4 Å². The van der Waals surface area contributed by atoms with Crippen LogP contribution in [0, 0.1) is 6.92 Å². The maximum Gasteiger partial charge on any atom is 0.193 e. The largest absolute Gasteiger partial charge is 0.492 e. The summed E-state index contributed by atoms with van der Waals surface area (Å²) in [6.45, 7) is 6.07. The molecule has 2 heterocycles. The quantitative estimate of drug-likeness (QED) is 0.760. The molecule has 4 heteroatoms. The Hall–Kier alpha value is -1.65. The fourth-order valence-electron chi connectivity index (χ4n) is 2.80. The number of nitrogens with zero attached hydrogens (tertiary/aromatic N) is 1. The number of hydrogen-bond donors (Lipinski definition) is 0. The lowest BCUT2D eigenvalue weighted by molar-refractivity contribution is 0.103. The van der Waals surface area contributed by atoms with Crippen molar-refractivity contribution in [3.63, 3.8) is 0 Å². The van der Waals surface area contributed by atoms with Gasteiger partial charge in [0.05, 0.1) is 0 Å². The number of aryl methyl sites for hydroxylation is 1. The van der Waals surface area contributed by atoms with Crippen molar-refractivity contribution in [2.24, 2.45) is 0 Å². The lowest BCUT2D eigenvalue weighted by atomic mass is 10.0. The minimum atomic E-state index is 0.0768. The van der Waals surface area contributed by atoms with E-state index in [0.717, 1.165) is 29.0 Å². The van der Waals surface area contributed by atoms with Gasteiger partial charge in [-0.2, -0.15) is 11.3 Å². The summed E-state index contributed by atoms with van der Waals surface area (Å²) in [4.78, 5) is 14.8. The summed E-state index contributed by atoms with van der Waals surface area (Å²) >= 11 is 1.54. The van der Waals surface area contributed by atoms with E-state index in [2.05, 4.69) is 4.90 Å². The Balaban J connectivity index is 1.60. The van der Waals surface area contributed by atoms with Crippen LogP contribution < -0.4 is 4.74 Å². The molecule has 0 amide bonds. The third-order valence-corrected chi connectivity index (χ3v) is 4.77. The number of carbonyl (C=O) groups excluding carboxylic acids is 1. The summed E-state index contributed by atoms with van der Waals surface area (Å²) < 4.78 is 5.87. The zero-order chi connectivity index (χ0) is 15.4. The van der Waals surface area contributed by atoms with E-state index in [1.165, 1.54) is 25.9 Å². The van der Waals surface area contributed by atoms with Crippen LogP contribution in [0.3, 0.4) is 0 Å². The number of carbonyl (C=O) groups is 1. The predicted octanol–water partition coefficient (Wildman–Crippen LogP) is 3.76. The third kappa shape index (κ3) is 3.57. The summed E-state index contributed by atoms with van der Waals surface area (Å²) in [6, 6.07) is 7.56. The molecular formula is C18H21NO2S. The van der Waals surface area contributed by atoms with Gasteiger partial charge in [0, 0.05) is 23.1 Å². The van der Waals surface area contributed by atoms with Crippen LogP contribution in [0.1, 0.15) is 34.3 Å². The molecule has 116 valence electrons. The fraction of sp³-hybridized carbons (Fsp3) is 0.389. The standard InChI is InChI=1S/C18H21NO2S/c1-14-12-15(18(20)16-6-11-22-13-16)4-5-17(14)21-10-9-19-7-2-3-8-19/h4-6,11-13H,2-3,7-10H2,1H3. The van der Waals surface area contributed by atoms with E-state index in [1.54, 1.807) is 11.3 Å². The smallest absolute Gasteiger partial charge is 0.193 e. The molecule has 0 unspecified atom stereocenters. The van der Waals surface area contributed by atoms with E-state index in [0.29, 0.717) is 6.61 Å². The van der Waals surface area contributed by atoms with Crippen LogP contribution in [0.15, 0.2) is 35.0 Å². The molecule has 1 saturated heterocycles. The number of ether oxygens (including phenoxy) is 1. The maximum absolute atomic E-state index is 12.3. The van der Waals surface area contributed by atoms with Crippen LogP contribution in [0.2, 0.25) is 0 Å². The van der Waals surface area contributed by atoms with Crippen LogP contribution in [-0.2, 0) is 0 Å². The number of thiophene rings is 1. The molecular weight excluding hydrogens is 294 g/mol. The molecule has 1 aromatic heterocycles. The Morgan fingerprint density at radius 1 is 1.23 bits per heavy atom. The first kappa shape index (κ1) is 15.3. The van der Waals surface area contributed by atoms with Crippen molar-refractivity contribution in [1.29, 1.82) is 0 Å². The summed E-state index contributed by atoms with van der Waals surface area (Å²) in [7, 11) is 0. The van der Waals surface area contributed by atoms with Crippen LogP contribution in [0.4, 0.5) is 0 Å². The van der Waals surface area contributed by atoms with Gasteiger partial charge in [0.25, 0.3) is 0 Å². The molecule has 1 aliphatic rings. The van der Waals surface area contributed by atoms with Gasteiger partial charge in [0.15, 0.2) is 5.78 Å². The Kier molecular flexibility index (Phi) is 4.90. The summed E-state index contributed by atoms with van der Waals surface area (Å²) in [6.07, 6.45) is 2.61. The third-order valence-electron chi connectivity index (χ3n) is 4.08. The number of ketones is 1. The molecule has 0 bridgehead atoms. The van der Waals surface area contributed by atoms with Gasteiger partial charge in [-0.1, -0.05) is 0 Å². The molecule has 3 rings (SSSR count). The first-order chi connectivity index (χ1) is 10.7. The van der Waals surface area contributed by atoms with E-state index in [-0.39, 0.29) is 5.78 Å². The second kappa shape index (κ2) is 7.07. The van der Waals surface area contributed by atoms with Crippen LogP contribution in [0.25, 0.3) is 0 Å². The lowest BCUT2D eigenvalue weighted by Gasteiger charge is -2.16. The molecule has 3 nitrogen and oxygen atoms in total. The van der Waals surface area contributed by atoms with Gasteiger partial charge < -0.3 is 4.74 Å². The molecule has 0 saturated carbocycles. The van der Waals surface area contributed by atoms with Crippen LogP contribution in [0.5, 0.6) is 5.75 Å². The van der Waals surface area contributed by atoms with E-state index < -0.39 is 0 Å². The second-order valence-corrected chi connectivity index (χ2v) is 6.50. The van der Waals surface area contributed by atoms with E-state index in [4.69, 9.17) is 4.74 Å². The van der Waals surface area contributed by atoms with Gasteiger partial charge in [-0.05, 0) is 68.1 Å². The van der Waals surface area contributed by atoms with Gasteiger partial charge in [-0.15, -0.1) is 0 Å². The highest BCUT2D eigenvalue weighted by atomic mass is 32.1. The highest BCUT2D eigenvalue weighted by Crippen LogP contribution is 2.22. The van der Waals surface area contributed by atoms with Crippen LogP contribution in [-0.4, -0.2) is 36.9 Å². The monoisotopic (exact) mass is 315 g/mol. The van der Waals surface area contributed by atoms with E-state index in [1.807, 2.05) is 41.9 Å². The van der Waals surface area contributed by atoms with Gasteiger partial charge in [0.2, 0.25) is 0 Å². The first-order valence-corrected chi connectivity index (χ1v) is 8.71. The van der Waals surface area contributed by atoms with Crippen molar-refractivity contribution in [2.75, 3.05) is 26.2 Å². The maximum atomic E-state index is 12.3. The average Bonchev–Trinajstić information content (AvgIpc) is 3.21. The zero-order valence-electron chi connectivity index (χ0n) is 12.9. The minimum absolute atomic E-state index is 0.0768. The van der Waals surface area contributed by atoms with Gasteiger partial charge in [-0.25, -0.2) is 0 Å². The second-order valence-electron chi connectivity index (χ2n) is 5.72. The molecule has 0 aliphatic carbocycles. The first-order valence-electron chi connectivity index (χ1n) is 7.77. The fourth-order valence-corrected chi connectivity index (χ4v) is 3.44. The summed E-state index contributed by atoms with van der Waals surface area (Å²) in [5, 5.41) is 3.81. The Labute approximate surface area is 135 Å². The average molecular weight is 315 g/mol. The molecule has 2 aromatic rings. The number of benzene rings is 1. The minimum Gasteiger partial charge on any atom is -0.492 e. The molecule has 0 atom stereocenters. The molecule has 1 aliphatic heterocycles. The SMILES string of the molecule is Cc1cc(C(=O)c2ccsc2)ccc1OCCN1CCCC1. The summed E-state index contributed by atoms with van der Waals surface area (Å²) in [5.41, 5.74) is 2.50. The lowest BCUT2D eigenvalue weighted by Crippen LogP contribution is -2.25.